The van der Waals surface area contributed by atoms with Gasteiger partial charge in [-0.25, -0.2) is 4.98 Å². The zero-order valence-corrected chi connectivity index (χ0v) is 5.60. The van der Waals surface area contributed by atoms with E-state index in [0.717, 1.165) is 18.7 Å². The van der Waals surface area contributed by atoms with E-state index in [1.165, 1.54) is 12.6 Å². The Morgan fingerprint density at radius 1 is 1.60 bits per heavy atom. The van der Waals surface area contributed by atoms with Crippen molar-refractivity contribution in [1.29, 1.82) is 0 Å². The molecule has 1 aromatic heterocycles. The molecule has 0 radical (unpaired) electrons. The van der Waals surface area contributed by atoms with Gasteiger partial charge in [-0.05, 0) is 12.8 Å². The number of hydrogen-bond acceptors (Lipinski definition) is 1. The number of rotatable bonds is 1. The Morgan fingerprint density at radius 3 is 2.80 bits per heavy atom. The van der Waals surface area contributed by atoms with Gasteiger partial charge in [0, 0.05) is 5.92 Å². The number of imidazole rings is 1. The van der Waals surface area contributed by atoms with Crippen molar-refractivity contribution >= 4 is 0 Å². The molecule has 0 spiro atoms. The van der Waals surface area contributed by atoms with Crippen LogP contribution in [0.1, 0.15) is 31.0 Å². The maximum absolute atomic E-state index is 12.3. The fourth-order valence-electron chi connectivity index (χ4n) is 1.20. The Morgan fingerprint density at radius 2 is 2.40 bits per heavy atom. The van der Waals surface area contributed by atoms with Gasteiger partial charge in [0.15, 0.2) is 0 Å². The van der Waals surface area contributed by atoms with Crippen LogP contribution >= 0.6 is 0 Å². The lowest BCUT2D eigenvalue weighted by Crippen LogP contribution is -2.10. The number of aromatic nitrogens is 2. The summed E-state index contributed by atoms with van der Waals surface area (Å²) >= 11 is 0. The highest BCUT2D eigenvalue weighted by Gasteiger charge is 2.21. The molecule has 1 heterocycles. The molecule has 1 N–H and O–H groups in total. The lowest BCUT2D eigenvalue weighted by atomic mass is 9.85. The minimum Gasteiger partial charge on any atom is -0.319 e. The summed E-state index contributed by atoms with van der Waals surface area (Å²) in [5, 5.41) is 0. The van der Waals surface area contributed by atoms with E-state index in [1.54, 1.807) is 0 Å². The first-order valence-corrected chi connectivity index (χ1v) is 3.56. The van der Waals surface area contributed by atoms with Crippen molar-refractivity contribution in [1.82, 2.24) is 9.97 Å². The van der Waals surface area contributed by atoms with Gasteiger partial charge in [-0.15, -0.1) is 0 Å². The average Bonchev–Trinajstić information content (AvgIpc) is 2.10. The minimum atomic E-state index is -0.318. The fourth-order valence-corrected chi connectivity index (χ4v) is 1.20. The summed E-state index contributed by atoms with van der Waals surface area (Å²) < 4.78 is 12.3. The molecule has 0 aliphatic heterocycles. The van der Waals surface area contributed by atoms with Crippen LogP contribution in [0, 0.1) is 5.95 Å². The van der Waals surface area contributed by atoms with Gasteiger partial charge >= 0.3 is 0 Å². The van der Waals surface area contributed by atoms with E-state index in [0.29, 0.717) is 5.92 Å². The molecule has 54 valence electrons. The second kappa shape index (κ2) is 2.08. The molecule has 1 aliphatic rings. The van der Waals surface area contributed by atoms with Gasteiger partial charge in [0.2, 0.25) is 5.95 Å². The lowest BCUT2D eigenvalue weighted by molar-refractivity contribution is 0.401. The minimum absolute atomic E-state index is 0.318. The summed E-state index contributed by atoms with van der Waals surface area (Å²) in [7, 11) is 0. The Labute approximate surface area is 58.5 Å². The van der Waals surface area contributed by atoms with Crippen molar-refractivity contribution in [3.8, 4) is 0 Å². The third-order valence-electron chi connectivity index (χ3n) is 2.06. The van der Waals surface area contributed by atoms with Crippen LogP contribution in [0.4, 0.5) is 4.39 Å². The molecule has 0 unspecified atom stereocenters. The first-order valence-electron chi connectivity index (χ1n) is 3.56. The van der Waals surface area contributed by atoms with Crippen LogP contribution in [0.25, 0.3) is 0 Å². The van der Waals surface area contributed by atoms with E-state index in [9.17, 15) is 4.39 Å². The van der Waals surface area contributed by atoms with Gasteiger partial charge in [-0.1, -0.05) is 6.42 Å². The van der Waals surface area contributed by atoms with Crippen molar-refractivity contribution in [3.05, 3.63) is 18.0 Å². The van der Waals surface area contributed by atoms with E-state index < -0.39 is 0 Å². The van der Waals surface area contributed by atoms with Gasteiger partial charge in [0.05, 0.1) is 6.20 Å². The second-order valence-electron chi connectivity index (χ2n) is 2.74. The number of halogens is 1. The van der Waals surface area contributed by atoms with Gasteiger partial charge in [-0.2, -0.15) is 4.39 Å². The molecule has 1 aliphatic carbocycles. The monoisotopic (exact) mass is 140 g/mol. The van der Waals surface area contributed by atoms with Gasteiger partial charge in [-0.3, -0.25) is 0 Å². The molecular formula is C7H9FN2. The molecule has 10 heavy (non-hydrogen) atoms. The summed E-state index contributed by atoms with van der Waals surface area (Å²) in [5.41, 5.74) is 0. The number of nitrogens with zero attached hydrogens (tertiary/aromatic N) is 1. The fraction of sp³-hybridized carbons (Fsp3) is 0.571. The summed E-state index contributed by atoms with van der Waals surface area (Å²) in [6.07, 6.45) is 4.82. The van der Waals surface area contributed by atoms with Gasteiger partial charge in [0.1, 0.15) is 5.82 Å². The highest BCUT2D eigenvalue weighted by Crippen LogP contribution is 2.34. The average molecular weight is 140 g/mol. The molecule has 0 bridgehead atoms. The zero-order valence-electron chi connectivity index (χ0n) is 5.60. The Kier molecular flexibility index (Phi) is 1.22. The van der Waals surface area contributed by atoms with Crippen molar-refractivity contribution in [2.45, 2.75) is 25.2 Å². The van der Waals surface area contributed by atoms with E-state index in [4.69, 9.17) is 0 Å². The first-order chi connectivity index (χ1) is 4.86. The number of hydrogen-bond donors (Lipinski definition) is 1. The Bertz CT molecular complexity index is 227. The van der Waals surface area contributed by atoms with Crippen LogP contribution < -0.4 is 0 Å². The largest absolute Gasteiger partial charge is 0.319 e. The van der Waals surface area contributed by atoms with Crippen LogP contribution in [0.3, 0.4) is 0 Å². The van der Waals surface area contributed by atoms with E-state index >= 15 is 0 Å². The highest BCUT2D eigenvalue weighted by molar-refractivity contribution is 5.01. The molecule has 0 amide bonds. The Hall–Kier alpha value is -0.860. The van der Waals surface area contributed by atoms with Crippen LogP contribution in [-0.2, 0) is 0 Å². The summed E-state index contributed by atoms with van der Waals surface area (Å²) in [6, 6.07) is 0. The normalized spacial score (nSPS) is 18.9. The standard InChI is InChI=1S/C7H9FN2/c8-6-4-9-7(10-6)5-2-1-3-5/h4-5H,1-3H2,(H,9,10). The van der Waals surface area contributed by atoms with Crippen LogP contribution in [0.2, 0.25) is 0 Å². The van der Waals surface area contributed by atoms with Crippen molar-refractivity contribution in [3.63, 3.8) is 0 Å². The SMILES string of the molecule is Fc1cnc(C2CCC2)[nH]1. The molecule has 1 saturated carbocycles. The van der Waals surface area contributed by atoms with E-state index in [1.807, 2.05) is 0 Å². The van der Waals surface area contributed by atoms with Crippen LogP contribution in [0.15, 0.2) is 6.20 Å². The van der Waals surface area contributed by atoms with Crippen molar-refractivity contribution < 1.29 is 4.39 Å². The number of H-pyrrole nitrogens is 1. The zero-order chi connectivity index (χ0) is 6.97. The molecule has 0 aromatic carbocycles. The predicted molar refractivity (Wildman–Crippen MR) is 35.1 cm³/mol. The molecule has 0 atom stereocenters. The maximum atomic E-state index is 12.3. The number of aromatic amines is 1. The summed E-state index contributed by atoms with van der Waals surface area (Å²) in [5.74, 6) is 1.01. The lowest BCUT2D eigenvalue weighted by Gasteiger charge is -2.22. The van der Waals surface area contributed by atoms with Crippen molar-refractivity contribution in [2.75, 3.05) is 0 Å². The quantitative estimate of drug-likeness (QED) is 0.633. The van der Waals surface area contributed by atoms with E-state index in [-0.39, 0.29) is 5.95 Å². The second-order valence-corrected chi connectivity index (χ2v) is 2.74. The van der Waals surface area contributed by atoms with E-state index in [2.05, 4.69) is 9.97 Å². The topological polar surface area (TPSA) is 28.7 Å². The van der Waals surface area contributed by atoms with Gasteiger partial charge in [0.25, 0.3) is 0 Å². The molecule has 1 aromatic rings. The van der Waals surface area contributed by atoms with Gasteiger partial charge < -0.3 is 4.98 Å². The first kappa shape index (κ1) is 5.89. The summed E-state index contributed by atoms with van der Waals surface area (Å²) in [4.78, 5) is 6.51. The molecule has 2 rings (SSSR count). The third kappa shape index (κ3) is 0.818. The van der Waals surface area contributed by atoms with Crippen LogP contribution in [0.5, 0.6) is 0 Å². The van der Waals surface area contributed by atoms with Crippen molar-refractivity contribution in [2.24, 2.45) is 0 Å². The highest BCUT2D eigenvalue weighted by atomic mass is 19.1. The molecule has 1 fully saturated rings. The summed E-state index contributed by atoms with van der Waals surface area (Å²) in [6.45, 7) is 0. The Balaban J connectivity index is 2.17. The third-order valence-corrected chi connectivity index (χ3v) is 2.06. The molecular weight excluding hydrogens is 131 g/mol. The predicted octanol–water partition coefficient (Wildman–Crippen LogP) is 1.82. The molecule has 3 heteroatoms. The number of nitrogens with one attached hydrogen (secondary N) is 1. The smallest absolute Gasteiger partial charge is 0.210 e. The molecule has 2 nitrogen and oxygen atoms in total. The van der Waals surface area contributed by atoms with Crippen LogP contribution in [-0.4, -0.2) is 9.97 Å². The maximum Gasteiger partial charge on any atom is 0.210 e. The molecule has 0 saturated heterocycles.